The van der Waals surface area contributed by atoms with E-state index in [0.29, 0.717) is 32.3 Å². The minimum absolute atomic E-state index is 0.0947. The molecule has 50 heavy (non-hydrogen) atoms. The molecule has 13 heteroatoms. The molecule has 3 N–H and O–H groups in total. The molecule has 254 valence electrons. The summed E-state index contributed by atoms with van der Waals surface area (Å²) in [4.78, 5) is 40.5. The molecule has 0 aromatic heterocycles. The molecule has 5 rings (SSSR count). The molecule has 6 nitrogen and oxygen atoms in total. The van der Waals surface area contributed by atoms with E-state index in [1.54, 1.807) is 97.1 Å². The fourth-order valence-electron chi connectivity index (χ4n) is 4.63. The maximum Gasteiger partial charge on any atom is 0.418 e. The molecular formula is C37H25Cl3F3N3O3S. The Morgan fingerprint density at radius 2 is 1.34 bits per heavy atom. The molecule has 5 aromatic rings. The lowest BCUT2D eigenvalue weighted by atomic mass is 10.1. The molecule has 1 atom stereocenters. The number of carbonyl (C=O) groups is 3. The van der Waals surface area contributed by atoms with Crippen molar-refractivity contribution in [1.29, 1.82) is 0 Å². The SMILES string of the molecule is O=C(Nc1ccc(SC(C(=O)Nc2ccc(Cl)cc2C(F)(F)F)c2ccccc2)cc1)/C(=C/c1ccc(Cl)cc1Cl)NC(=O)c1ccccc1. The van der Waals surface area contributed by atoms with Crippen LogP contribution in [0.1, 0.15) is 32.3 Å². The normalized spacial score (nSPS) is 12.2. The monoisotopic (exact) mass is 753 g/mol. The predicted molar refractivity (Wildman–Crippen MR) is 194 cm³/mol. The van der Waals surface area contributed by atoms with Crippen molar-refractivity contribution in [1.82, 2.24) is 5.32 Å². The van der Waals surface area contributed by atoms with E-state index < -0.39 is 40.4 Å². The van der Waals surface area contributed by atoms with E-state index in [-0.39, 0.29) is 15.7 Å². The first-order chi connectivity index (χ1) is 23.9. The Kier molecular flexibility index (Phi) is 11.9. The Hall–Kier alpha value is -4.74. The van der Waals surface area contributed by atoms with E-state index in [4.69, 9.17) is 34.8 Å². The lowest BCUT2D eigenvalue weighted by Crippen LogP contribution is -2.30. The van der Waals surface area contributed by atoms with Crippen LogP contribution in [0.5, 0.6) is 0 Å². The maximum atomic E-state index is 13.7. The van der Waals surface area contributed by atoms with Crippen LogP contribution < -0.4 is 16.0 Å². The summed E-state index contributed by atoms with van der Waals surface area (Å²) in [7, 11) is 0. The molecule has 0 radical (unpaired) electrons. The summed E-state index contributed by atoms with van der Waals surface area (Å²) in [5.41, 5.74) is 0.0992. The van der Waals surface area contributed by atoms with Gasteiger partial charge >= 0.3 is 6.18 Å². The van der Waals surface area contributed by atoms with Crippen LogP contribution in [0.25, 0.3) is 6.08 Å². The van der Waals surface area contributed by atoms with Gasteiger partial charge in [-0.05, 0) is 83.9 Å². The van der Waals surface area contributed by atoms with Crippen LogP contribution in [0.2, 0.25) is 15.1 Å². The van der Waals surface area contributed by atoms with Crippen molar-refractivity contribution in [2.75, 3.05) is 10.6 Å². The number of hydrogen-bond donors (Lipinski definition) is 3. The van der Waals surface area contributed by atoms with Crippen molar-refractivity contribution in [2.45, 2.75) is 16.3 Å². The standard InChI is InChI=1S/C37H25Cl3F3N3O3S/c38-25-13-18-31(29(20-25)37(41,42)43)45-36(49)33(22-7-3-1-4-8-22)50-28-16-14-27(15-17-28)44-35(48)32(19-24-11-12-26(39)21-30(24)40)46-34(47)23-9-5-2-6-10-23/h1-21,33H,(H,44,48)(H,45,49)(H,46,47)/b32-19-. The Morgan fingerprint density at radius 1 is 0.720 bits per heavy atom. The molecule has 1 unspecified atom stereocenters. The summed E-state index contributed by atoms with van der Waals surface area (Å²) in [6.07, 6.45) is -3.32. The highest BCUT2D eigenvalue weighted by atomic mass is 35.5. The number of benzene rings is 5. The lowest BCUT2D eigenvalue weighted by molar-refractivity contribution is -0.137. The number of halogens is 6. The molecule has 0 aliphatic heterocycles. The second-order valence-electron chi connectivity index (χ2n) is 10.6. The van der Waals surface area contributed by atoms with Gasteiger partial charge in [0.1, 0.15) is 10.9 Å². The fourth-order valence-corrected chi connectivity index (χ4v) is 6.29. The van der Waals surface area contributed by atoms with E-state index in [1.807, 2.05) is 0 Å². The van der Waals surface area contributed by atoms with Gasteiger partial charge in [0.05, 0.1) is 11.3 Å². The first-order valence-electron chi connectivity index (χ1n) is 14.7. The van der Waals surface area contributed by atoms with Gasteiger partial charge in [0.2, 0.25) is 5.91 Å². The largest absolute Gasteiger partial charge is 0.418 e. The molecule has 5 aromatic carbocycles. The Bertz CT molecular complexity index is 2050. The molecule has 0 spiro atoms. The van der Waals surface area contributed by atoms with Crippen LogP contribution >= 0.6 is 46.6 Å². The zero-order chi connectivity index (χ0) is 35.8. The number of hydrogen-bond acceptors (Lipinski definition) is 4. The van der Waals surface area contributed by atoms with Gasteiger partial charge in [-0.2, -0.15) is 13.2 Å². The zero-order valence-corrected chi connectivity index (χ0v) is 28.7. The van der Waals surface area contributed by atoms with Gasteiger partial charge in [-0.25, -0.2) is 0 Å². The predicted octanol–water partition coefficient (Wildman–Crippen LogP) is 10.5. The number of rotatable bonds is 10. The number of nitrogens with one attached hydrogen (secondary N) is 3. The van der Waals surface area contributed by atoms with Crippen LogP contribution in [0, 0.1) is 0 Å². The van der Waals surface area contributed by atoms with E-state index >= 15 is 0 Å². The average molecular weight is 755 g/mol. The highest BCUT2D eigenvalue weighted by molar-refractivity contribution is 8.00. The zero-order valence-electron chi connectivity index (χ0n) is 25.6. The maximum absolute atomic E-state index is 13.7. The van der Waals surface area contributed by atoms with E-state index in [2.05, 4.69) is 16.0 Å². The van der Waals surface area contributed by atoms with Crippen molar-refractivity contribution in [3.05, 3.63) is 164 Å². The van der Waals surface area contributed by atoms with Gasteiger partial charge in [0.25, 0.3) is 11.8 Å². The summed E-state index contributed by atoms with van der Waals surface area (Å²) in [5.74, 6) is -1.85. The van der Waals surface area contributed by atoms with Crippen LogP contribution in [0.4, 0.5) is 24.5 Å². The highest BCUT2D eigenvalue weighted by Gasteiger charge is 2.35. The minimum Gasteiger partial charge on any atom is -0.324 e. The summed E-state index contributed by atoms with van der Waals surface area (Å²) in [6, 6.07) is 31.3. The van der Waals surface area contributed by atoms with Crippen LogP contribution in [-0.4, -0.2) is 17.7 Å². The average Bonchev–Trinajstić information content (AvgIpc) is 3.09. The van der Waals surface area contributed by atoms with Gasteiger partial charge in [-0.15, -0.1) is 11.8 Å². The second kappa shape index (κ2) is 16.3. The number of thioether (sulfide) groups is 1. The van der Waals surface area contributed by atoms with Crippen molar-refractivity contribution in [2.24, 2.45) is 0 Å². The van der Waals surface area contributed by atoms with Gasteiger partial charge in [0.15, 0.2) is 0 Å². The lowest BCUT2D eigenvalue weighted by Gasteiger charge is -2.20. The van der Waals surface area contributed by atoms with Gasteiger partial charge in [-0.3, -0.25) is 14.4 Å². The van der Waals surface area contributed by atoms with Crippen molar-refractivity contribution in [3.8, 4) is 0 Å². The summed E-state index contributed by atoms with van der Waals surface area (Å²) in [5, 5.41) is 7.40. The van der Waals surface area contributed by atoms with E-state index in [9.17, 15) is 27.6 Å². The molecule has 0 saturated carbocycles. The van der Waals surface area contributed by atoms with E-state index in [1.165, 1.54) is 18.2 Å². The topological polar surface area (TPSA) is 87.3 Å². The molecule has 0 saturated heterocycles. The van der Waals surface area contributed by atoms with Crippen molar-refractivity contribution >= 4 is 81.7 Å². The fraction of sp³-hybridized carbons (Fsp3) is 0.0541. The van der Waals surface area contributed by atoms with E-state index in [0.717, 1.165) is 23.9 Å². The smallest absolute Gasteiger partial charge is 0.324 e. The first-order valence-corrected chi connectivity index (χ1v) is 16.7. The number of amides is 3. The molecule has 0 aliphatic rings. The molecule has 0 heterocycles. The summed E-state index contributed by atoms with van der Waals surface area (Å²) >= 11 is 19.3. The van der Waals surface area contributed by atoms with Gasteiger partial charge < -0.3 is 16.0 Å². The summed E-state index contributed by atoms with van der Waals surface area (Å²) < 4.78 is 41.2. The quantitative estimate of drug-likeness (QED) is 0.0979. The Labute approximate surface area is 304 Å². The van der Waals surface area contributed by atoms with Crippen LogP contribution in [0.15, 0.2) is 132 Å². The third-order valence-electron chi connectivity index (χ3n) is 7.04. The Balaban J connectivity index is 1.36. The molecule has 0 aliphatic carbocycles. The highest BCUT2D eigenvalue weighted by Crippen LogP contribution is 2.40. The van der Waals surface area contributed by atoms with Crippen molar-refractivity contribution < 1.29 is 27.6 Å². The molecule has 0 fully saturated rings. The summed E-state index contributed by atoms with van der Waals surface area (Å²) in [6.45, 7) is 0. The molecule has 3 amide bonds. The Morgan fingerprint density at radius 3 is 1.98 bits per heavy atom. The number of alkyl halides is 3. The minimum atomic E-state index is -4.75. The van der Waals surface area contributed by atoms with Crippen LogP contribution in [-0.2, 0) is 15.8 Å². The van der Waals surface area contributed by atoms with Gasteiger partial charge in [-0.1, -0.05) is 89.4 Å². The van der Waals surface area contributed by atoms with Crippen molar-refractivity contribution in [3.63, 3.8) is 0 Å². The molecule has 0 bridgehead atoms. The molecular weight excluding hydrogens is 730 g/mol. The third-order valence-corrected chi connectivity index (χ3v) is 9.11. The first kappa shape index (κ1) is 36.5. The second-order valence-corrected chi connectivity index (χ2v) is 13.1. The number of anilines is 2. The number of carbonyl (C=O) groups excluding carboxylic acids is 3. The third kappa shape index (κ3) is 9.70. The van der Waals surface area contributed by atoms with Gasteiger partial charge in [0, 0.05) is 31.2 Å². The van der Waals surface area contributed by atoms with Crippen LogP contribution in [0.3, 0.4) is 0 Å².